The van der Waals surface area contributed by atoms with Crippen LogP contribution in [0.5, 0.6) is 0 Å². The second-order valence-electron chi connectivity index (χ2n) is 7.72. The minimum absolute atomic E-state index is 0.0352. The molecule has 2 heterocycles. The molecule has 1 amide bonds. The normalized spacial score (nSPS) is 14.6. The predicted molar refractivity (Wildman–Crippen MR) is 115 cm³/mol. The number of piperidine rings is 1. The van der Waals surface area contributed by atoms with Gasteiger partial charge in [0, 0.05) is 37.6 Å². The minimum atomic E-state index is -0.0352. The van der Waals surface area contributed by atoms with E-state index in [1.807, 2.05) is 41.1 Å². The van der Waals surface area contributed by atoms with Crippen LogP contribution >= 0.6 is 0 Å². The Labute approximate surface area is 172 Å². The molecule has 1 fully saturated rings. The van der Waals surface area contributed by atoms with Gasteiger partial charge in [0.05, 0.1) is 6.33 Å². The summed E-state index contributed by atoms with van der Waals surface area (Å²) in [6.45, 7) is 4.62. The van der Waals surface area contributed by atoms with Gasteiger partial charge in [-0.05, 0) is 54.8 Å². The molecule has 4 rings (SSSR count). The summed E-state index contributed by atoms with van der Waals surface area (Å²) >= 11 is 0. The highest BCUT2D eigenvalue weighted by atomic mass is 16.1. The van der Waals surface area contributed by atoms with Crippen molar-refractivity contribution in [3.05, 3.63) is 89.5 Å². The van der Waals surface area contributed by atoms with Gasteiger partial charge < -0.3 is 9.88 Å². The third-order valence-corrected chi connectivity index (χ3v) is 5.54. The van der Waals surface area contributed by atoms with E-state index < -0.39 is 0 Å². The average molecular weight is 389 g/mol. The molecule has 0 unspecified atom stereocenters. The first-order valence-electron chi connectivity index (χ1n) is 10.4. The lowest BCUT2D eigenvalue weighted by atomic mass is 10.0. The zero-order valence-corrected chi connectivity index (χ0v) is 16.8. The number of rotatable bonds is 7. The lowest BCUT2D eigenvalue weighted by molar-refractivity contribution is 0.0950. The first-order chi connectivity index (χ1) is 14.3. The number of amides is 1. The van der Waals surface area contributed by atoms with E-state index in [1.54, 1.807) is 12.5 Å². The highest BCUT2D eigenvalue weighted by Crippen LogP contribution is 2.16. The van der Waals surface area contributed by atoms with Gasteiger partial charge in [0.25, 0.3) is 5.91 Å². The SMILES string of the molecule is O=C(NCc1ccccc1CN1CCCCC1)c1ccc(Cn2ccnc2)cc1. The molecule has 3 aromatic rings. The van der Waals surface area contributed by atoms with E-state index in [0.29, 0.717) is 12.1 Å². The molecule has 0 saturated carbocycles. The van der Waals surface area contributed by atoms with Gasteiger partial charge in [-0.25, -0.2) is 4.98 Å². The molecule has 0 aliphatic carbocycles. The quantitative estimate of drug-likeness (QED) is 0.669. The monoisotopic (exact) mass is 388 g/mol. The Kier molecular flexibility index (Phi) is 6.37. The molecule has 5 nitrogen and oxygen atoms in total. The van der Waals surface area contributed by atoms with E-state index in [1.165, 1.54) is 43.5 Å². The van der Waals surface area contributed by atoms with Crippen molar-refractivity contribution in [2.24, 2.45) is 0 Å². The summed E-state index contributed by atoms with van der Waals surface area (Å²) in [5.74, 6) is -0.0352. The second-order valence-corrected chi connectivity index (χ2v) is 7.72. The van der Waals surface area contributed by atoms with Gasteiger partial charge in [0.15, 0.2) is 0 Å². The van der Waals surface area contributed by atoms with Crippen molar-refractivity contribution in [2.45, 2.75) is 38.9 Å². The van der Waals surface area contributed by atoms with Crippen molar-refractivity contribution in [1.82, 2.24) is 19.8 Å². The molecule has 29 heavy (non-hydrogen) atoms. The largest absolute Gasteiger partial charge is 0.348 e. The number of carbonyl (C=O) groups excluding carboxylic acids is 1. The fourth-order valence-corrected chi connectivity index (χ4v) is 3.87. The Morgan fingerprint density at radius 1 is 0.931 bits per heavy atom. The summed E-state index contributed by atoms with van der Waals surface area (Å²) in [6, 6.07) is 16.2. The fourth-order valence-electron chi connectivity index (χ4n) is 3.87. The predicted octanol–water partition coefficient (Wildman–Crippen LogP) is 3.85. The molecule has 1 aliphatic heterocycles. The van der Waals surface area contributed by atoms with Crippen LogP contribution in [0.3, 0.4) is 0 Å². The van der Waals surface area contributed by atoms with Crippen LogP contribution in [0.4, 0.5) is 0 Å². The first kappa shape index (κ1) is 19.4. The third kappa shape index (κ3) is 5.33. The third-order valence-electron chi connectivity index (χ3n) is 5.54. The maximum atomic E-state index is 12.6. The Morgan fingerprint density at radius 2 is 1.69 bits per heavy atom. The molecule has 150 valence electrons. The molecule has 2 aromatic carbocycles. The van der Waals surface area contributed by atoms with E-state index in [4.69, 9.17) is 0 Å². The molecular weight excluding hydrogens is 360 g/mol. The van der Waals surface area contributed by atoms with Gasteiger partial charge in [-0.15, -0.1) is 0 Å². The van der Waals surface area contributed by atoms with Crippen molar-refractivity contribution in [3.8, 4) is 0 Å². The molecule has 0 atom stereocenters. The van der Waals surface area contributed by atoms with Gasteiger partial charge in [-0.3, -0.25) is 9.69 Å². The number of nitrogens with zero attached hydrogens (tertiary/aromatic N) is 3. The number of hydrogen-bond acceptors (Lipinski definition) is 3. The van der Waals surface area contributed by atoms with E-state index in [0.717, 1.165) is 18.7 Å². The maximum Gasteiger partial charge on any atom is 0.251 e. The van der Waals surface area contributed by atoms with Crippen LogP contribution in [0.15, 0.2) is 67.3 Å². The van der Waals surface area contributed by atoms with Crippen LogP contribution in [-0.2, 0) is 19.6 Å². The lowest BCUT2D eigenvalue weighted by Gasteiger charge is -2.27. The standard InChI is InChI=1S/C24H28N4O/c29-24(21-10-8-20(9-11-21)17-28-15-12-25-19-28)26-16-22-6-2-3-7-23(22)18-27-13-4-1-5-14-27/h2-3,6-12,15,19H,1,4-5,13-14,16-18H2,(H,26,29). The molecule has 0 bridgehead atoms. The Bertz CT molecular complexity index is 912. The molecular formula is C24H28N4O. The van der Waals surface area contributed by atoms with Gasteiger partial charge in [0.1, 0.15) is 0 Å². The number of hydrogen-bond donors (Lipinski definition) is 1. The van der Waals surface area contributed by atoms with Crippen molar-refractivity contribution in [3.63, 3.8) is 0 Å². The Morgan fingerprint density at radius 3 is 2.41 bits per heavy atom. The molecule has 0 radical (unpaired) electrons. The van der Waals surface area contributed by atoms with Gasteiger partial charge >= 0.3 is 0 Å². The molecule has 1 aliphatic rings. The van der Waals surface area contributed by atoms with Crippen molar-refractivity contribution >= 4 is 5.91 Å². The zero-order chi connectivity index (χ0) is 19.9. The smallest absolute Gasteiger partial charge is 0.251 e. The van der Waals surface area contributed by atoms with Crippen LogP contribution in [0.1, 0.15) is 46.3 Å². The maximum absolute atomic E-state index is 12.6. The highest BCUT2D eigenvalue weighted by molar-refractivity contribution is 5.94. The molecule has 1 aromatic heterocycles. The topological polar surface area (TPSA) is 50.2 Å². The summed E-state index contributed by atoms with van der Waals surface area (Å²) < 4.78 is 2.01. The van der Waals surface area contributed by atoms with Crippen LogP contribution in [0.2, 0.25) is 0 Å². The van der Waals surface area contributed by atoms with Gasteiger partial charge in [0.2, 0.25) is 0 Å². The van der Waals surface area contributed by atoms with Crippen LogP contribution in [0.25, 0.3) is 0 Å². The molecule has 0 spiro atoms. The summed E-state index contributed by atoms with van der Waals surface area (Å²) in [4.78, 5) is 19.2. The molecule has 5 heteroatoms. The molecule has 1 N–H and O–H groups in total. The number of benzene rings is 2. The Hall–Kier alpha value is -2.92. The molecule has 1 saturated heterocycles. The number of likely N-dealkylation sites (tertiary alicyclic amines) is 1. The zero-order valence-electron chi connectivity index (χ0n) is 16.8. The lowest BCUT2D eigenvalue weighted by Crippen LogP contribution is -2.30. The van der Waals surface area contributed by atoms with Crippen LogP contribution < -0.4 is 5.32 Å². The Balaban J connectivity index is 1.34. The van der Waals surface area contributed by atoms with E-state index in [-0.39, 0.29) is 5.91 Å². The summed E-state index contributed by atoms with van der Waals surface area (Å²) in [5.41, 5.74) is 4.34. The van der Waals surface area contributed by atoms with E-state index in [2.05, 4.69) is 33.4 Å². The number of carbonyl (C=O) groups is 1. The second kappa shape index (κ2) is 9.52. The fraction of sp³-hybridized carbons (Fsp3) is 0.333. The van der Waals surface area contributed by atoms with Crippen LogP contribution in [-0.4, -0.2) is 33.4 Å². The summed E-state index contributed by atoms with van der Waals surface area (Å²) in [5, 5.41) is 3.09. The van der Waals surface area contributed by atoms with Gasteiger partial charge in [-0.1, -0.05) is 42.8 Å². The van der Waals surface area contributed by atoms with Crippen LogP contribution in [0, 0.1) is 0 Å². The van der Waals surface area contributed by atoms with Crippen molar-refractivity contribution in [1.29, 1.82) is 0 Å². The summed E-state index contributed by atoms with van der Waals surface area (Å²) in [7, 11) is 0. The average Bonchev–Trinajstić information content (AvgIpc) is 3.27. The van der Waals surface area contributed by atoms with Crippen molar-refractivity contribution < 1.29 is 4.79 Å². The van der Waals surface area contributed by atoms with Crippen molar-refractivity contribution in [2.75, 3.05) is 13.1 Å². The number of nitrogens with one attached hydrogen (secondary N) is 1. The van der Waals surface area contributed by atoms with E-state index in [9.17, 15) is 4.79 Å². The minimum Gasteiger partial charge on any atom is -0.348 e. The highest BCUT2D eigenvalue weighted by Gasteiger charge is 2.13. The summed E-state index contributed by atoms with van der Waals surface area (Å²) in [6.07, 6.45) is 9.41. The van der Waals surface area contributed by atoms with Gasteiger partial charge in [-0.2, -0.15) is 0 Å². The number of imidazole rings is 1. The van der Waals surface area contributed by atoms with E-state index >= 15 is 0 Å². The first-order valence-corrected chi connectivity index (χ1v) is 10.4. The number of aromatic nitrogens is 2.